The largest absolute Gasteiger partial charge is 0.271 e. The molecule has 18 heavy (non-hydrogen) atoms. The third-order valence-electron chi connectivity index (χ3n) is 3.13. The predicted octanol–water partition coefficient (Wildman–Crippen LogP) is 4.81. The van der Waals surface area contributed by atoms with Crippen LogP contribution in [0.2, 0.25) is 5.02 Å². The number of rotatable bonds is 8. The van der Waals surface area contributed by atoms with E-state index in [1.807, 2.05) is 18.2 Å². The van der Waals surface area contributed by atoms with Gasteiger partial charge in [-0.2, -0.15) is 0 Å². The summed E-state index contributed by atoms with van der Waals surface area (Å²) in [5.74, 6) is 5.67. The van der Waals surface area contributed by atoms with Crippen molar-refractivity contribution in [2.45, 2.75) is 51.5 Å². The fourth-order valence-electron chi connectivity index (χ4n) is 2.06. The van der Waals surface area contributed by atoms with Crippen LogP contribution in [0.25, 0.3) is 0 Å². The average molecular weight is 381 g/mol. The topological polar surface area (TPSA) is 38.0 Å². The van der Waals surface area contributed by atoms with Crippen LogP contribution in [0.4, 0.5) is 0 Å². The highest BCUT2D eigenvalue weighted by atomic mass is 127. The summed E-state index contributed by atoms with van der Waals surface area (Å²) in [4.78, 5) is 0. The minimum absolute atomic E-state index is 0.206. The second-order valence-electron chi connectivity index (χ2n) is 4.59. The SMILES string of the molecule is CCCCCCCC(NN)c1cc(Cl)ccc1I. The van der Waals surface area contributed by atoms with Crippen LogP contribution in [0.15, 0.2) is 18.2 Å². The van der Waals surface area contributed by atoms with E-state index in [4.69, 9.17) is 17.4 Å². The van der Waals surface area contributed by atoms with Crippen LogP contribution >= 0.6 is 34.2 Å². The number of nitrogens with one attached hydrogen (secondary N) is 1. The van der Waals surface area contributed by atoms with Crippen LogP contribution < -0.4 is 11.3 Å². The van der Waals surface area contributed by atoms with E-state index >= 15 is 0 Å². The first-order valence-corrected chi connectivity index (χ1v) is 8.05. The third-order valence-corrected chi connectivity index (χ3v) is 4.35. The number of nitrogens with two attached hydrogens (primary N) is 1. The van der Waals surface area contributed by atoms with Crippen LogP contribution in [0.3, 0.4) is 0 Å². The molecule has 0 aliphatic rings. The molecular formula is C14H22ClIN2. The maximum atomic E-state index is 6.05. The van der Waals surface area contributed by atoms with Crippen molar-refractivity contribution in [2.24, 2.45) is 5.84 Å². The molecule has 3 N–H and O–H groups in total. The van der Waals surface area contributed by atoms with Gasteiger partial charge in [-0.1, -0.05) is 50.6 Å². The molecule has 102 valence electrons. The molecular weight excluding hydrogens is 359 g/mol. The first kappa shape index (κ1) is 16.2. The molecule has 1 rings (SSSR count). The fourth-order valence-corrected chi connectivity index (χ4v) is 2.95. The van der Waals surface area contributed by atoms with Crippen LogP contribution in [0.1, 0.15) is 57.1 Å². The summed E-state index contributed by atoms with van der Waals surface area (Å²) >= 11 is 8.38. The van der Waals surface area contributed by atoms with Gasteiger partial charge < -0.3 is 0 Å². The van der Waals surface area contributed by atoms with Gasteiger partial charge in [0.25, 0.3) is 0 Å². The van der Waals surface area contributed by atoms with Gasteiger partial charge in [0.05, 0.1) is 0 Å². The Labute approximate surface area is 129 Å². The highest BCUT2D eigenvalue weighted by Gasteiger charge is 2.13. The molecule has 0 saturated heterocycles. The number of unbranched alkanes of at least 4 members (excludes halogenated alkanes) is 4. The standard InChI is InChI=1S/C14H22ClIN2/c1-2-3-4-5-6-7-14(18-17)12-10-11(15)8-9-13(12)16/h8-10,14,18H,2-7,17H2,1H3. The number of hydrazine groups is 1. The van der Waals surface area contributed by atoms with Crippen molar-refractivity contribution in [2.75, 3.05) is 0 Å². The van der Waals surface area contributed by atoms with E-state index in [1.54, 1.807) is 0 Å². The lowest BCUT2D eigenvalue weighted by Crippen LogP contribution is -2.28. The lowest BCUT2D eigenvalue weighted by Gasteiger charge is -2.18. The van der Waals surface area contributed by atoms with Gasteiger partial charge >= 0.3 is 0 Å². The zero-order chi connectivity index (χ0) is 13.4. The summed E-state index contributed by atoms with van der Waals surface area (Å²) in [6.07, 6.45) is 7.48. The van der Waals surface area contributed by atoms with Gasteiger partial charge in [0, 0.05) is 14.6 Å². The molecule has 0 saturated carbocycles. The summed E-state index contributed by atoms with van der Waals surface area (Å²) in [5.41, 5.74) is 4.12. The fraction of sp³-hybridized carbons (Fsp3) is 0.571. The van der Waals surface area contributed by atoms with Gasteiger partial charge in [-0.3, -0.25) is 11.3 Å². The molecule has 1 unspecified atom stereocenters. The van der Waals surface area contributed by atoms with Crippen molar-refractivity contribution in [3.05, 3.63) is 32.4 Å². The van der Waals surface area contributed by atoms with Crippen molar-refractivity contribution in [3.63, 3.8) is 0 Å². The van der Waals surface area contributed by atoms with E-state index in [9.17, 15) is 0 Å². The molecule has 0 radical (unpaired) electrons. The summed E-state index contributed by atoms with van der Waals surface area (Å²) in [7, 11) is 0. The molecule has 0 aromatic heterocycles. The number of halogens is 2. The van der Waals surface area contributed by atoms with Crippen LogP contribution in [-0.4, -0.2) is 0 Å². The second-order valence-corrected chi connectivity index (χ2v) is 6.19. The predicted molar refractivity (Wildman–Crippen MR) is 87.6 cm³/mol. The van der Waals surface area contributed by atoms with Gasteiger partial charge in [0.1, 0.15) is 0 Å². The Morgan fingerprint density at radius 2 is 2.00 bits per heavy atom. The van der Waals surface area contributed by atoms with Crippen molar-refractivity contribution < 1.29 is 0 Å². The number of hydrogen-bond acceptors (Lipinski definition) is 2. The zero-order valence-electron chi connectivity index (χ0n) is 10.9. The Morgan fingerprint density at radius 1 is 1.28 bits per heavy atom. The van der Waals surface area contributed by atoms with Gasteiger partial charge in [0.15, 0.2) is 0 Å². The van der Waals surface area contributed by atoms with Crippen molar-refractivity contribution in [3.8, 4) is 0 Å². The minimum atomic E-state index is 0.206. The van der Waals surface area contributed by atoms with Crippen molar-refractivity contribution >= 4 is 34.2 Å². The molecule has 0 fully saturated rings. The minimum Gasteiger partial charge on any atom is -0.271 e. The summed E-state index contributed by atoms with van der Waals surface area (Å²) in [6.45, 7) is 2.23. The molecule has 0 heterocycles. The zero-order valence-corrected chi connectivity index (χ0v) is 13.8. The maximum Gasteiger partial charge on any atom is 0.0471 e. The highest BCUT2D eigenvalue weighted by molar-refractivity contribution is 14.1. The third kappa shape index (κ3) is 5.43. The monoisotopic (exact) mass is 380 g/mol. The first-order chi connectivity index (χ1) is 8.69. The van der Waals surface area contributed by atoms with E-state index in [-0.39, 0.29) is 6.04 Å². The molecule has 0 aliphatic carbocycles. The lowest BCUT2D eigenvalue weighted by atomic mass is 10.0. The molecule has 0 amide bonds. The molecule has 2 nitrogen and oxygen atoms in total. The summed E-state index contributed by atoms with van der Waals surface area (Å²) in [5, 5.41) is 0.775. The Morgan fingerprint density at radius 3 is 2.67 bits per heavy atom. The Bertz CT molecular complexity index is 358. The van der Waals surface area contributed by atoms with Crippen molar-refractivity contribution in [1.29, 1.82) is 0 Å². The molecule has 1 aromatic rings. The summed E-state index contributed by atoms with van der Waals surface area (Å²) in [6, 6.07) is 6.18. The molecule has 0 aliphatic heterocycles. The van der Waals surface area contributed by atoms with Gasteiger partial charge in [-0.25, -0.2) is 0 Å². The van der Waals surface area contributed by atoms with Crippen LogP contribution in [0, 0.1) is 3.57 Å². The maximum absolute atomic E-state index is 6.05. The molecule has 1 atom stereocenters. The molecule has 0 bridgehead atoms. The number of hydrogen-bond donors (Lipinski definition) is 2. The lowest BCUT2D eigenvalue weighted by molar-refractivity contribution is 0.477. The van der Waals surface area contributed by atoms with Gasteiger partial charge in [-0.15, -0.1) is 0 Å². The molecule has 1 aromatic carbocycles. The van der Waals surface area contributed by atoms with E-state index in [0.717, 1.165) is 11.4 Å². The highest BCUT2D eigenvalue weighted by Crippen LogP contribution is 2.27. The normalized spacial score (nSPS) is 12.7. The second kappa shape index (κ2) is 9.13. The Hall–Kier alpha value is 0.160. The smallest absolute Gasteiger partial charge is 0.0471 e. The Kier molecular flexibility index (Phi) is 8.22. The van der Waals surface area contributed by atoms with Gasteiger partial charge in [0.2, 0.25) is 0 Å². The first-order valence-electron chi connectivity index (χ1n) is 6.60. The van der Waals surface area contributed by atoms with E-state index in [0.29, 0.717) is 0 Å². The van der Waals surface area contributed by atoms with E-state index < -0.39 is 0 Å². The van der Waals surface area contributed by atoms with Crippen LogP contribution in [0.5, 0.6) is 0 Å². The van der Waals surface area contributed by atoms with Crippen LogP contribution in [-0.2, 0) is 0 Å². The molecule has 0 spiro atoms. The number of benzene rings is 1. The van der Waals surface area contributed by atoms with E-state index in [1.165, 1.54) is 41.2 Å². The average Bonchev–Trinajstić information content (AvgIpc) is 2.37. The van der Waals surface area contributed by atoms with E-state index in [2.05, 4.69) is 34.9 Å². The quantitative estimate of drug-likeness (QED) is 0.294. The van der Waals surface area contributed by atoms with Crippen molar-refractivity contribution in [1.82, 2.24) is 5.43 Å². The molecule has 4 heteroatoms. The summed E-state index contributed by atoms with van der Waals surface area (Å²) < 4.78 is 1.22. The Balaban J connectivity index is 2.52. The van der Waals surface area contributed by atoms with Gasteiger partial charge in [-0.05, 0) is 52.8 Å².